The lowest BCUT2D eigenvalue weighted by Crippen LogP contribution is -2.46. The Labute approximate surface area is 137 Å². The molecule has 0 aromatic carbocycles. The molecule has 134 valence electrons. The van der Waals surface area contributed by atoms with Crippen LogP contribution in [-0.4, -0.2) is 52.7 Å². The first kappa shape index (κ1) is 17.1. The van der Waals surface area contributed by atoms with E-state index in [1.54, 1.807) is 10.9 Å². The van der Waals surface area contributed by atoms with Crippen molar-refractivity contribution in [3.63, 3.8) is 0 Å². The number of amides is 2. The Morgan fingerprint density at radius 1 is 1.38 bits per heavy atom. The number of piperidine rings is 1. The largest absolute Gasteiger partial charge is 0.393 e. The van der Waals surface area contributed by atoms with Gasteiger partial charge in [0.2, 0.25) is 0 Å². The number of hydrogen-bond donors (Lipinski definition) is 1. The average molecular weight is 346 g/mol. The number of carbonyl (C=O) groups excluding carboxylic acids is 1. The molecule has 2 atom stereocenters. The van der Waals surface area contributed by atoms with Gasteiger partial charge in [0.05, 0.1) is 30.5 Å². The van der Waals surface area contributed by atoms with Crippen LogP contribution in [-0.2, 0) is 11.3 Å². The van der Waals surface area contributed by atoms with Crippen molar-refractivity contribution < 1.29 is 22.7 Å². The van der Waals surface area contributed by atoms with E-state index in [4.69, 9.17) is 4.74 Å². The molecule has 2 aliphatic rings. The molecule has 1 aromatic heterocycles. The number of likely N-dealkylation sites (tertiary alicyclic amines) is 1. The van der Waals surface area contributed by atoms with E-state index in [1.807, 2.05) is 0 Å². The number of carbonyl (C=O) groups is 1. The molecule has 2 aliphatic heterocycles. The normalized spacial score (nSPS) is 25.0. The molecule has 0 spiro atoms. The summed E-state index contributed by atoms with van der Waals surface area (Å²) in [6, 6.07) is -0.513. The van der Waals surface area contributed by atoms with Gasteiger partial charge in [-0.15, -0.1) is 0 Å². The van der Waals surface area contributed by atoms with E-state index in [2.05, 4.69) is 10.4 Å². The Balaban J connectivity index is 1.53. The maximum Gasteiger partial charge on any atom is 0.393 e. The molecule has 0 bridgehead atoms. The third-order valence-electron chi connectivity index (χ3n) is 4.47. The van der Waals surface area contributed by atoms with Crippen LogP contribution in [0.25, 0.3) is 0 Å². The topological polar surface area (TPSA) is 59.4 Å². The van der Waals surface area contributed by atoms with Gasteiger partial charge < -0.3 is 15.0 Å². The van der Waals surface area contributed by atoms with Crippen LogP contribution < -0.4 is 5.32 Å². The van der Waals surface area contributed by atoms with Crippen LogP contribution in [0.2, 0.25) is 0 Å². The molecule has 2 amide bonds. The zero-order valence-electron chi connectivity index (χ0n) is 13.3. The van der Waals surface area contributed by atoms with E-state index in [0.29, 0.717) is 25.2 Å². The molecule has 9 heteroatoms. The highest BCUT2D eigenvalue weighted by molar-refractivity contribution is 5.89. The first-order chi connectivity index (χ1) is 11.4. The molecular formula is C15H21F3N4O2. The van der Waals surface area contributed by atoms with Gasteiger partial charge in [-0.25, -0.2) is 4.79 Å². The van der Waals surface area contributed by atoms with Gasteiger partial charge in [-0.1, -0.05) is 0 Å². The van der Waals surface area contributed by atoms with E-state index >= 15 is 0 Å². The van der Waals surface area contributed by atoms with Crippen molar-refractivity contribution in [2.45, 2.75) is 44.5 Å². The zero-order chi connectivity index (χ0) is 17.2. The third kappa shape index (κ3) is 4.19. The smallest absolute Gasteiger partial charge is 0.376 e. The minimum absolute atomic E-state index is 0.0760. The highest BCUT2D eigenvalue weighted by Gasteiger charge is 2.42. The highest BCUT2D eigenvalue weighted by atomic mass is 19.4. The summed E-state index contributed by atoms with van der Waals surface area (Å²) in [6.45, 7) is 1.41. The lowest BCUT2D eigenvalue weighted by molar-refractivity contribution is -0.183. The van der Waals surface area contributed by atoms with Crippen molar-refractivity contribution in [3.05, 3.63) is 12.4 Å². The van der Waals surface area contributed by atoms with E-state index in [-0.39, 0.29) is 19.1 Å². The fraction of sp³-hybridized carbons (Fsp3) is 0.733. The van der Waals surface area contributed by atoms with E-state index in [1.165, 1.54) is 11.1 Å². The number of hydrogen-bond acceptors (Lipinski definition) is 3. The summed E-state index contributed by atoms with van der Waals surface area (Å²) in [5, 5.41) is 6.78. The van der Waals surface area contributed by atoms with Crippen LogP contribution in [0.4, 0.5) is 23.7 Å². The lowest BCUT2D eigenvalue weighted by Gasteiger charge is -2.33. The third-order valence-corrected chi connectivity index (χ3v) is 4.47. The quantitative estimate of drug-likeness (QED) is 0.916. The molecule has 6 nitrogen and oxygen atoms in total. The molecule has 0 saturated carbocycles. The van der Waals surface area contributed by atoms with Gasteiger partial charge in [-0.05, 0) is 25.7 Å². The summed E-state index contributed by atoms with van der Waals surface area (Å²) in [5.41, 5.74) is 0.479. The molecule has 0 aliphatic carbocycles. The predicted octanol–water partition coefficient (Wildman–Crippen LogP) is 2.87. The highest BCUT2D eigenvalue weighted by Crippen LogP contribution is 2.33. The van der Waals surface area contributed by atoms with Gasteiger partial charge in [0.1, 0.15) is 0 Å². The zero-order valence-corrected chi connectivity index (χ0v) is 13.3. The van der Waals surface area contributed by atoms with Gasteiger partial charge >= 0.3 is 12.2 Å². The van der Waals surface area contributed by atoms with Gasteiger partial charge in [0.15, 0.2) is 0 Å². The molecule has 3 rings (SSSR count). The number of alkyl halides is 3. The Bertz CT molecular complexity index is 569. The molecule has 1 N–H and O–H groups in total. The Morgan fingerprint density at radius 2 is 2.21 bits per heavy atom. The van der Waals surface area contributed by atoms with E-state index < -0.39 is 18.1 Å². The molecule has 2 saturated heterocycles. The van der Waals surface area contributed by atoms with E-state index in [9.17, 15) is 18.0 Å². The molecule has 24 heavy (non-hydrogen) atoms. The fourth-order valence-corrected chi connectivity index (χ4v) is 3.16. The molecule has 3 heterocycles. The second-order valence-electron chi connectivity index (χ2n) is 6.34. The van der Waals surface area contributed by atoms with Gasteiger partial charge in [-0.3, -0.25) is 4.68 Å². The number of ether oxygens (including phenoxy) is 1. The number of nitrogens with zero attached hydrogens (tertiary/aromatic N) is 3. The lowest BCUT2D eigenvalue weighted by atomic mass is 9.98. The summed E-state index contributed by atoms with van der Waals surface area (Å²) < 4.78 is 45.7. The first-order valence-electron chi connectivity index (χ1n) is 8.18. The Morgan fingerprint density at radius 3 is 2.92 bits per heavy atom. The molecule has 1 aromatic rings. The minimum Gasteiger partial charge on any atom is -0.376 e. The summed E-state index contributed by atoms with van der Waals surface area (Å²) in [5.74, 6) is -1.45. The summed E-state index contributed by atoms with van der Waals surface area (Å²) in [4.78, 5) is 13.4. The number of aromatic nitrogens is 2. The molecule has 0 radical (unpaired) electrons. The van der Waals surface area contributed by atoms with Crippen LogP contribution in [0.5, 0.6) is 0 Å². The number of anilines is 1. The number of rotatable bonds is 3. The second kappa shape index (κ2) is 7.00. The van der Waals surface area contributed by atoms with Crippen LogP contribution >= 0.6 is 0 Å². The SMILES string of the molecule is O=C(Nc1cnn(C[C@@H]2CCCO2)c1)N1CCC[C@@H](C(F)(F)F)C1. The average Bonchev–Trinajstić information content (AvgIpc) is 3.19. The number of halogens is 3. The monoisotopic (exact) mass is 346 g/mol. The molecule has 2 fully saturated rings. The van der Waals surface area contributed by atoms with Gasteiger partial charge in [0, 0.05) is 25.9 Å². The van der Waals surface area contributed by atoms with Gasteiger partial charge in [0.25, 0.3) is 0 Å². The molecule has 0 unspecified atom stereocenters. The van der Waals surface area contributed by atoms with Crippen LogP contribution in [0.1, 0.15) is 25.7 Å². The van der Waals surface area contributed by atoms with Crippen LogP contribution in [0, 0.1) is 5.92 Å². The van der Waals surface area contributed by atoms with Crippen molar-refractivity contribution in [1.82, 2.24) is 14.7 Å². The summed E-state index contributed by atoms with van der Waals surface area (Å²) in [7, 11) is 0. The van der Waals surface area contributed by atoms with Crippen molar-refractivity contribution in [3.8, 4) is 0 Å². The van der Waals surface area contributed by atoms with E-state index in [0.717, 1.165) is 19.4 Å². The number of urea groups is 1. The van der Waals surface area contributed by atoms with Crippen molar-refractivity contribution >= 4 is 11.7 Å². The first-order valence-corrected chi connectivity index (χ1v) is 8.18. The van der Waals surface area contributed by atoms with Crippen molar-refractivity contribution in [2.75, 3.05) is 25.0 Å². The van der Waals surface area contributed by atoms with Crippen LogP contribution in [0.3, 0.4) is 0 Å². The standard InChI is InChI=1S/C15H21F3N4O2/c16-15(17,18)11-3-1-5-21(8-11)14(23)20-12-7-19-22(9-12)10-13-4-2-6-24-13/h7,9,11,13H,1-6,8,10H2,(H,20,23)/t11-,13+/m1/s1. The summed E-state index contributed by atoms with van der Waals surface area (Å²) >= 11 is 0. The molecular weight excluding hydrogens is 325 g/mol. The predicted molar refractivity (Wildman–Crippen MR) is 80.6 cm³/mol. The fourth-order valence-electron chi connectivity index (χ4n) is 3.16. The Hall–Kier alpha value is -1.77. The van der Waals surface area contributed by atoms with Crippen LogP contribution in [0.15, 0.2) is 12.4 Å². The maximum absolute atomic E-state index is 12.8. The second-order valence-corrected chi connectivity index (χ2v) is 6.34. The number of nitrogens with one attached hydrogen (secondary N) is 1. The summed E-state index contributed by atoms with van der Waals surface area (Å²) in [6.07, 6.45) is 1.48. The Kier molecular flexibility index (Phi) is 4.98. The van der Waals surface area contributed by atoms with Crippen molar-refractivity contribution in [1.29, 1.82) is 0 Å². The minimum atomic E-state index is -4.26. The van der Waals surface area contributed by atoms with Crippen molar-refractivity contribution in [2.24, 2.45) is 5.92 Å². The maximum atomic E-state index is 12.8. The van der Waals surface area contributed by atoms with Gasteiger partial charge in [-0.2, -0.15) is 18.3 Å².